The summed E-state index contributed by atoms with van der Waals surface area (Å²) in [6.07, 6.45) is 6.89. The quantitative estimate of drug-likeness (QED) is 0.648. The van der Waals surface area contributed by atoms with Gasteiger partial charge in [-0.2, -0.15) is 0 Å². The van der Waals surface area contributed by atoms with E-state index in [0.29, 0.717) is 11.8 Å². The summed E-state index contributed by atoms with van der Waals surface area (Å²) in [5, 5.41) is 13.3. The molecule has 1 aliphatic rings. The van der Waals surface area contributed by atoms with E-state index in [-0.39, 0.29) is 0 Å². The summed E-state index contributed by atoms with van der Waals surface area (Å²) in [5.74, 6) is 0.396. The highest BCUT2D eigenvalue weighted by atomic mass is 16.3. The summed E-state index contributed by atoms with van der Waals surface area (Å²) < 4.78 is 0. The van der Waals surface area contributed by atoms with Crippen LogP contribution < -0.4 is 5.32 Å². The molecule has 0 aromatic heterocycles. The number of rotatable bonds is 5. The molecule has 2 N–H and O–H groups in total. The third kappa shape index (κ3) is 4.11. The maximum absolute atomic E-state index is 9.61. The highest BCUT2D eigenvalue weighted by molar-refractivity contribution is 5.36. The Bertz CT molecular complexity index is 594. The predicted octanol–water partition coefficient (Wildman–Crippen LogP) is 3.86. The average molecular weight is 295 g/mol. The number of aromatic hydroxyl groups is 1. The smallest absolute Gasteiger partial charge is 0.115 e. The van der Waals surface area contributed by atoms with Gasteiger partial charge in [-0.3, -0.25) is 0 Å². The molecule has 0 radical (unpaired) electrons. The summed E-state index contributed by atoms with van der Waals surface area (Å²) in [5.41, 5.74) is 4.16. The highest BCUT2D eigenvalue weighted by Crippen LogP contribution is 2.24. The molecule has 2 aromatic carbocycles. The Morgan fingerprint density at radius 2 is 1.73 bits per heavy atom. The van der Waals surface area contributed by atoms with Gasteiger partial charge in [-0.1, -0.05) is 36.4 Å². The summed E-state index contributed by atoms with van der Waals surface area (Å²) in [7, 11) is 0. The van der Waals surface area contributed by atoms with Crippen LogP contribution in [0.5, 0.6) is 5.75 Å². The largest absolute Gasteiger partial charge is 0.508 e. The van der Waals surface area contributed by atoms with Gasteiger partial charge in [0.1, 0.15) is 5.75 Å². The van der Waals surface area contributed by atoms with Crippen molar-refractivity contribution in [2.24, 2.45) is 0 Å². The molecule has 2 nitrogen and oxygen atoms in total. The molecule has 3 rings (SSSR count). The van der Waals surface area contributed by atoms with Gasteiger partial charge >= 0.3 is 0 Å². The van der Waals surface area contributed by atoms with E-state index in [2.05, 4.69) is 41.7 Å². The first kappa shape index (κ1) is 15.1. The van der Waals surface area contributed by atoms with Crippen LogP contribution in [-0.4, -0.2) is 17.7 Å². The zero-order valence-corrected chi connectivity index (χ0v) is 13.1. The number of nitrogens with one attached hydrogen (secondary N) is 1. The van der Waals surface area contributed by atoms with Crippen LogP contribution in [0.25, 0.3) is 0 Å². The van der Waals surface area contributed by atoms with Crippen molar-refractivity contribution < 1.29 is 5.11 Å². The Hall–Kier alpha value is -1.80. The molecule has 2 aromatic rings. The van der Waals surface area contributed by atoms with Crippen LogP contribution in [0.4, 0.5) is 0 Å². The number of hydrogen-bond acceptors (Lipinski definition) is 2. The van der Waals surface area contributed by atoms with Gasteiger partial charge in [0, 0.05) is 6.04 Å². The van der Waals surface area contributed by atoms with E-state index in [1.54, 1.807) is 0 Å². The van der Waals surface area contributed by atoms with E-state index in [1.807, 2.05) is 12.1 Å². The standard InChI is InChI=1S/C20H25NO/c22-20-13-10-17-8-11-19(12-9-18(17)15-20)21-14-4-7-16-5-2-1-3-6-16/h1-3,5-6,10,13,15,19,21-22H,4,7-9,11-12,14H2. The first-order valence-corrected chi connectivity index (χ1v) is 8.39. The van der Waals surface area contributed by atoms with Crippen molar-refractivity contribution in [3.8, 4) is 5.75 Å². The minimum atomic E-state index is 0.396. The average Bonchev–Trinajstić information content (AvgIpc) is 2.75. The number of hydrogen-bond donors (Lipinski definition) is 2. The number of benzene rings is 2. The van der Waals surface area contributed by atoms with Crippen LogP contribution in [0.3, 0.4) is 0 Å². The van der Waals surface area contributed by atoms with Gasteiger partial charge in [-0.05, 0) is 73.9 Å². The minimum absolute atomic E-state index is 0.396. The lowest BCUT2D eigenvalue weighted by atomic mass is 10.0. The van der Waals surface area contributed by atoms with Gasteiger partial charge in [0.25, 0.3) is 0 Å². The van der Waals surface area contributed by atoms with Crippen LogP contribution >= 0.6 is 0 Å². The van der Waals surface area contributed by atoms with Crippen molar-refractivity contribution >= 4 is 0 Å². The summed E-state index contributed by atoms with van der Waals surface area (Å²) >= 11 is 0. The lowest BCUT2D eigenvalue weighted by molar-refractivity contribution is 0.458. The molecule has 0 bridgehead atoms. The van der Waals surface area contributed by atoms with Crippen LogP contribution in [0.1, 0.15) is 36.0 Å². The van der Waals surface area contributed by atoms with Crippen molar-refractivity contribution in [1.29, 1.82) is 0 Å². The molecule has 2 heteroatoms. The molecule has 0 amide bonds. The van der Waals surface area contributed by atoms with Crippen molar-refractivity contribution in [3.63, 3.8) is 0 Å². The van der Waals surface area contributed by atoms with E-state index in [4.69, 9.17) is 0 Å². The molecule has 0 fully saturated rings. The van der Waals surface area contributed by atoms with E-state index >= 15 is 0 Å². The number of aryl methyl sites for hydroxylation is 3. The molecule has 0 heterocycles. The highest BCUT2D eigenvalue weighted by Gasteiger charge is 2.15. The first-order chi connectivity index (χ1) is 10.8. The van der Waals surface area contributed by atoms with Crippen molar-refractivity contribution in [2.45, 2.75) is 44.6 Å². The number of fused-ring (bicyclic) bond motifs is 1. The maximum Gasteiger partial charge on any atom is 0.115 e. The Morgan fingerprint density at radius 3 is 2.55 bits per heavy atom. The molecule has 1 atom stereocenters. The van der Waals surface area contributed by atoms with E-state index in [0.717, 1.165) is 25.8 Å². The second kappa shape index (κ2) is 7.46. The lowest BCUT2D eigenvalue weighted by Crippen LogP contribution is -2.30. The van der Waals surface area contributed by atoms with Crippen LogP contribution in [0.15, 0.2) is 48.5 Å². The monoisotopic (exact) mass is 295 g/mol. The lowest BCUT2D eigenvalue weighted by Gasteiger charge is -2.16. The predicted molar refractivity (Wildman–Crippen MR) is 91.3 cm³/mol. The molecule has 116 valence electrons. The molecule has 0 aliphatic heterocycles. The van der Waals surface area contributed by atoms with Gasteiger partial charge in [0.15, 0.2) is 0 Å². The molecule has 22 heavy (non-hydrogen) atoms. The molecule has 0 saturated heterocycles. The van der Waals surface area contributed by atoms with Crippen LogP contribution in [-0.2, 0) is 19.3 Å². The first-order valence-electron chi connectivity index (χ1n) is 8.39. The van der Waals surface area contributed by atoms with E-state index < -0.39 is 0 Å². The zero-order valence-electron chi connectivity index (χ0n) is 13.1. The molecule has 0 spiro atoms. The Morgan fingerprint density at radius 1 is 0.955 bits per heavy atom. The summed E-state index contributed by atoms with van der Waals surface area (Å²) in [6, 6.07) is 17.1. The SMILES string of the molecule is Oc1ccc2c(c1)CCC(NCCCc1ccccc1)CC2. The molecule has 0 saturated carbocycles. The minimum Gasteiger partial charge on any atom is -0.508 e. The second-order valence-electron chi connectivity index (χ2n) is 6.27. The van der Waals surface area contributed by atoms with Gasteiger partial charge in [0.05, 0.1) is 0 Å². The normalized spacial score (nSPS) is 17.7. The molecular formula is C20H25NO. The fourth-order valence-electron chi connectivity index (χ4n) is 3.34. The van der Waals surface area contributed by atoms with Gasteiger partial charge in [-0.15, -0.1) is 0 Å². The number of phenolic OH excluding ortho intramolecular Hbond substituents is 1. The van der Waals surface area contributed by atoms with E-state index in [1.165, 1.54) is 36.0 Å². The topological polar surface area (TPSA) is 32.3 Å². The van der Waals surface area contributed by atoms with Gasteiger partial charge < -0.3 is 10.4 Å². The van der Waals surface area contributed by atoms with E-state index in [9.17, 15) is 5.11 Å². The maximum atomic E-state index is 9.61. The summed E-state index contributed by atoms with van der Waals surface area (Å²) in [4.78, 5) is 0. The Kier molecular flexibility index (Phi) is 5.12. The second-order valence-corrected chi connectivity index (χ2v) is 6.27. The molecule has 1 aliphatic carbocycles. The van der Waals surface area contributed by atoms with Crippen molar-refractivity contribution in [2.75, 3.05) is 6.54 Å². The van der Waals surface area contributed by atoms with Crippen molar-refractivity contribution in [1.82, 2.24) is 5.32 Å². The van der Waals surface area contributed by atoms with Crippen molar-refractivity contribution in [3.05, 3.63) is 65.2 Å². The number of phenols is 1. The fourth-order valence-corrected chi connectivity index (χ4v) is 3.34. The van der Waals surface area contributed by atoms with Gasteiger partial charge in [0.2, 0.25) is 0 Å². The third-order valence-electron chi connectivity index (χ3n) is 4.63. The van der Waals surface area contributed by atoms with Crippen LogP contribution in [0, 0.1) is 0 Å². The Labute approximate surface area is 133 Å². The van der Waals surface area contributed by atoms with Gasteiger partial charge in [-0.25, -0.2) is 0 Å². The van der Waals surface area contributed by atoms with Crippen LogP contribution in [0.2, 0.25) is 0 Å². The zero-order chi connectivity index (χ0) is 15.2. The Balaban J connectivity index is 1.43. The molecule has 1 unspecified atom stereocenters. The fraction of sp³-hybridized carbons (Fsp3) is 0.400. The summed E-state index contributed by atoms with van der Waals surface area (Å²) in [6.45, 7) is 1.08. The third-order valence-corrected chi connectivity index (χ3v) is 4.63. The molecular weight excluding hydrogens is 270 g/mol.